The van der Waals surface area contributed by atoms with Crippen molar-refractivity contribution >= 4 is 74.6 Å². The molecule has 1 unspecified atom stereocenters. The molecule has 39 heavy (non-hydrogen) atoms. The van der Waals surface area contributed by atoms with E-state index in [-0.39, 0.29) is 22.0 Å². The molecule has 1 atom stereocenters. The number of carbonyl (C=O) groups is 2. The molecule has 1 saturated heterocycles. The number of nitro benzene ring substituents is 1. The zero-order valence-corrected chi connectivity index (χ0v) is 22.7. The molecule has 5 rings (SSSR count). The number of thioether (sulfide) groups is 1. The Kier molecular flexibility index (Phi) is 7.62. The van der Waals surface area contributed by atoms with Gasteiger partial charge < -0.3 is 5.11 Å². The molecule has 0 spiro atoms. The van der Waals surface area contributed by atoms with Gasteiger partial charge in [0.05, 0.1) is 16.5 Å². The van der Waals surface area contributed by atoms with Crippen molar-refractivity contribution in [1.82, 2.24) is 15.2 Å². The lowest BCUT2D eigenvalue weighted by atomic mass is 9.95. The Morgan fingerprint density at radius 1 is 1.08 bits per heavy atom. The van der Waals surface area contributed by atoms with Crippen molar-refractivity contribution in [2.24, 2.45) is 0 Å². The summed E-state index contributed by atoms with van der Waals surface area (Å²) in [5.41, 5.74) is 1.13. The number of non-ortho nitro benzene ring substituents is 1. The maximum Gasteiger partial charge on any atom is 0.301 e. The number of nitro groups is 1. The van der Waals surface area contributed by atoms with Crippen LogP contribution in [0.4, 0.5) is 10.8 Å². The van der Waals surface area contributed by atoms with Crippen LogP contribution in [0.1, 0.15) is 22.7 Å². The minimum absolute atomic E-state index is 0.124. The van der Waals surface area contributed by atoms with Gasteiger partial charge in [-0.3, -0.25) is 29.6 Å². The molecule has 2 aromatic carbocycles. The van der Waals surface area contributed by atoms with Crippen LogP contribution in [-0.2, 0) is 15.3 Å². The van der Waals surface area contributed by atoms with Gasteiger partial charge >= 0.3 is 5.91 Å². The molecule has 0 aliphatic carbocycles. The predicted molar refractivity (Wildman–Crippen MR) is 148 cm³/mol. The molecule has 14 heteroatoms. The highest BCUT2D eigenvalue weighted by Crippen LogP contribution is 2.44. The molecule has 1 aliphatic rings. The summed E-state index contributed by atoms with van der Waals surface area (Å²) in [6.07, 6.45) is 2.88. The SMILES string of the molecule is O=C1C(=O)N(c2nnc(SCc3ccc(Cl)cc3Cl)s2)C(c2ccc([N+](=O)[O-])cc2)/C1=C(\O)c1ccncc1. The molecule has 1 fully saturated rings. The number of aliphatic hydroxyl groups is 1. The number of aromatic nitrogens is 3. The quantitative estimate of drug-likeness (QED) is 0.0509. The van der Waals surface area contributed by atoms with Crippen LogP contribution in [0, 0.1) is 10.1 Å². The smallest absolute Gasteiger partial charge is 0.301 e. The lowest BCUT2D eigenvalue weighted by molar-refractivity contribution is -0.384. The van der Waals surface area contributed by atoms with Crippen molar-refractivity contribution in [1.29, 1.82) is 0 Å². The molecule has 0 bridgehead atoms. The van der Waals surface area contributed by atoms with Gasteiger partial charge in [0.15, 0.2) is 4.34 Å². The number of benzene rings is 2. The molecule has 4 aromatic rings. The minimum Gasteiger partial charge on any atom is -0.507 e. The van der Waals surface area contributed by atoms with Crippen LogP contribution in [0.2, 0.25) is 10.0 Å². The fraction of sp³-hybridized carbons (Fsp3) is 0.0800. The van der Waals surface area contributed by atoms with E-state index in [4.69, 9.17) is 23.2 Å². The largest absolute Gasteiger partial charge is 0.507 e. The van der Waals surface area contributed by atoms with E-state index < -0.39 is 28.4 Å². The fourth-order valence-corrected chi connectivity index (χ4v) is 6.35. The Morgan fingerprint density at radius 3 is 2.46 bits per heavy atom. The van der Waals surface area contributed by atoms with Crippen LogP contribution in [-0.4, -0.2) is 36.9 Å². The number of ketones is 1. The van der Waals surface area contributed by atoms with Gasteiger partial charge in [-0.15, -0.1) is 10.2 Å². The number of amides is 1. The van der Waals surface area contributed by atoms with Gasteiger partial charge in [0.1, 0.15) is 5.76 Å². The Hall–Kier alpha value is -3.84. The lowest BCUT2D eigenvalue weighted by Gasteiger charge is -2.22. The van der Waals surface area contributed by atoms with Crippen molar-refractivity contribution in [3.8, 4) is 0 Å². The second kappa shape index (κ2) is 11.1. The topological polar surface area (TPSA) is 139 Å². The van der Waals surface area contributed by atoms with E-state index in [0.717, 1.165) is 21.8 Å². The number of hydrogen-bond acceptors (Lipinski definition) is 10. The minimum atomic E-state index is -1.10. The standard InChI is InChI=1S/C25H15Cl2N5O5S2/c26-16-4-1-15(18(27)11-16)12-38-25-30-29-24(39-25)31-20(13-2-5-17(6-3-13)32(36)37)19(22(34)23(31)35)21(33)14-7-9-28-10-8-14/h1-11,20,33H,12H2/b21-19+. The summed E-state index contributed by atoms with van der Waals surface area (Å²) in [6.45, 7) is 0. The monoisotopic (exact) mass is 599 g/mol. The van der Waals surface area contributed by atoms with E-state index in [1.165, 1.54) is 60.6 Å². The van der Waals surface area contributed by atoms with Crippen LogP contribution in [0.5, 0.6) is 0 Å². The number of halogens is 2. The molecule has 0 radical (unpaired) electrons. The fourth-order valence-electron chi connectivity index (χ4n) is 3.93. The molecule has 10 nitrogen and oxygen atoms in total. The molecule has 1 N–H and O–H groups in total. The number of nitrogens with zero attached hydrogens (tertiary/aromatic N) is 5. The second-order valence-electron chi connectivity index (χ2n) is 8.13. The maximum absolute atomic E-state index is 13.3. The zero-order valence-electron chi connectivity index (χ0n) is 19.5. The molecular weight excluding hydrogens is 585 g/mol. The summed E-state index contributed by atoms with van der Waals surface area (Å²) in [6, 6.07) is 12.4. The number of pyridine rings is 1. The van der Waals surface area contributed by atoms with Gasteiger partial charge in [0.2, 0.25) is 5.13 Å². The van der Waals surface area contributed by atoms with Gasteiger partial charge in [-0.25, -0.2) is 0 Å². The first-order valence-electron chi connectivity index (χ1n) is 11.1. The van der Waals surface area contributed by atoms with Crippen molar-refractivity contribution in [3.63, 3.8) is 0 Å². The van der Waals surface area contributed by atoms with Gasteiger partial charge in [-0.2, -0.15) is 0 Å². The Balaban J connectivity index is 1.53. The number of aliphatic hydroxyl groups excluding tert-OH is 1. The summed E-state index contributed by atoms with van der Waals surface area (Å²) < 4.78 is 0.509. The maximum atomic E-state index is 13.3. The van der Waals surface area contributed by atoms with Gasteiger partial charge in [-0.05, 0) is 47.5 Å². The molecule has 0 saturated carbocycles. The molecular formula is C25H15Cl2N5O5S2. The number of rotatable bonds is 7. The predicted octanol–water partition coefficient (Wildman–Crippen LogP) is 6.07. The van der Waals surface area contributed by atoms with Crippen molar-refractivity contribution in [3.05, 3.63) is 109 Å². The van der Waals surface area contributed by atoms with Crippen molar-refractivity contribution in [2.75, 3.05) is 4.90 Å². The lowest BCUT2D eigenvalue weighted by Crippen LogP contribution is -2.29. The van der Waals surface area contributed by atoms with Crippen molar-refractivity contribution in [2.45, 2.75) is 16.1 Å². The van der Waals surface area contributed by atoms with E-state index in [2.05, 4.69) is 15.2 Å². The summed E-state index contributed by atoms with van der Waals surface area (Å²) in [5, 5.41) is 31.7. The van der Waals surface area contributed by atoms with Gasteiger partial charge in [-0.1, -0.05) is 52.4 Å². The summed E-state index contributed by atoms with van der Waals surface area (Å²) in [7, 11) is 0. The van der Waals surface area contributed by atoms with E-state index in [9.17, 15) is 24.8 Å². The van der Waals surface area contributed by atoms with Gasteiger partial charge in [0.25, 0.3) is 11.5 Å². The van der Waals surface area contributed by atoms with Crippen LogP contribution < -0.4 is 4.90 Å². The zero-order chi connectivity index (χ0) is 27.7. The third kappa shape index (κ3) is 5.36. The second-order valence-corrected chi connectivity index (χ2v) is 11.2. The highest BCUT2D eigenvalue weighted by Gasteiger charge is 2.48. The molecule has 2 aromatic heterocycles. The first kappa shape index (κ1) is 26.8. The number of carbonyl (C=O) groups excluding carboxylic acids is 2. The third-order valence-electron chi connectivity index (χ3n) is 5.79. The average Bonchev–Trinajstić information content (AvgIpc) is 3.50. The molecule has 1 amide bonds. The number of anilines is 1. The number of hydrogen-bond donors (Lipinski definition) is 1. The summed E-state index contributed by atoms with van der Waals surface area (Å²) >= 11 is 14.6. The van der Waals surface area contributed by atoms with Crippen LogP contribution in [0.25, 0.3) is 5.76 Å². The Bertz CT molecular complexity index is 1630. The van der Waals surface area contributed by atoms with E-state index >= 15 is 0 Å². The summed E-state index contributed by atoms with van der Waals surface area (Å²) in [4.78, 5) is 42.2. The highest BCUT2D eigenvalue weighted by atomic mass is 35.5. The van der Waals surface area contributed by atoms with Crippen LogP contribution >= 0.6 is 46.3 Å². The van der Waals surface area contributed by atoms with Crippen LogP contribution in [0.3, 0.4) is 0 Å². The average molecular weight is 600 g/mol. The molecule has 3 heterocycles. The first-order valence-corrected chi connectivity index (χ1v) is 13.7. The Morgan fingerprint density at radius 2 is 1.79 bits per heavy atom. The number of Topliss-reactive ketones (excluding diaryl/α,β-unsaturated/α-hetero) is 1. The van der Waals surface area contributed by atoms with E-state index in [1.807, 2.05) is 0 Å². The highest BCUT2D eigenvalue weighted by molar-refractivity contribution is 8.00. The van der Waals surface area contributed by atoms with E-state index in [0.29, 0.717) is 25.7 Å². The first-order chi connectivity index (χ1) is 18.7. The Labute approximate surface area is 239 Å². The van der Waals surface area contributed by atoms with E-state index in [1.54, 1.807) is 18.2 Å². The normalized spacial score (nSPS) is 16.6. The van der Waals surface area contributed by atoms with Crippen molar-refractivity contribution < 1.29 is 19.6 Å². The molecule has 196 valence electrons. The molecule has 1 aliphatic heterocycles. The third-order valence-corrected chi connectivity index (χ3v) is 8.48. The summed E-state index contributed by atoms with van der Waals surface area (Å²) in [5.74, 6) is -1.79. The van der Waals surface area contributed by atoms with Crippen LogP contribution in [0.15, 0.2) is 76.9 Å². The van der Waals surface area contributed by atoms with Gasteiger partial charge in [0, 0.05) is 45.9 Å².